The molecule has 6 nitrogen and oxygen atoms in total. The van der Waals surface area contributed by atoms with Gasteiger partial charge in [-0.15, -0.1) is 11.3 Å². The molecule has 22 heavy (non-hydrogen) atoms. The van der Waals surface area contributed by atoms with Crippen molar-refractivity contribution in [3.05, 3.63) is 51.0 Å². The van der Waals surface area contributed by atoms with Gasteiger partial charge in [-0.05, 0) is 31.2 Å². The van der Waals surface area contributed by atoms with Gasteiger partial charge in [-0.25, -0.2) is 9.18 Å². The fourth-order valence-electron chi connectivity index (χ4n) is 2.27. The number of aromatic nitrogens is 2. The number of carboxylic acid groups (broad SMARTS) is 1. The number of aromatic carboxylic acids is 1. The van der Waals surface area contributed by atoms with E-state index in [0.29, 0.717) is 4.88 Å². The zero-order valence-electron chi connectivity index (χ0n) is 11.3. The molecule has 2 aromatic heterocycles. The molecule has 0 unspecified atom stereocenters. The van der Waals surface area contributed by atoms with Crippen LogP contribution in [-0.4, -0.2) is 20.9 Å². The van der Waals surface area contributed by atoms with Crippen molar-refractivity contribution in [2.24, 2.45) is 0 Å². The highest BCUT2D eigenvalue weighted by Gasteiger charge is 2.22. The van der Waals surface area contributed by atoms with Crippen molar-refractivity contribution in [3.8, 4) is 5.69 Å². The molecule has 0 spiro atoms. The number of halogens is 1. The molecule has 2 heterocycles. The summed E-state index contributed by atoms with van der Waals surface area (Å²) in [5.41, 5.74) is 5.31. The first kappa shape index (κ1) is 14.2. The monoisotopic (exact) mass is 319 g/mol. The van der Waals surface area contributed by atoms with Gasteiger partial charge >= 0.3 is 5.97 Å². The Morgan fingerprint density at radius 1 is 1.32 bits per heavy atom. The smallest absolute Gasteiger partial charge is 0.357 e. The van der Waals surface area contributed by atoms with Gasteiger partial charge in [-0.2, -0.15) is 9.78 Å². The summed E-state index contributed by atoms with van der Waals surface area (Å²) in [5, 5.41) is 13.9. The number of hydrogen-bond donors (Lipinski definition) is 2. The number of nitrogens with zero attached hydrogens (tertiary/aromatic N) is 2. The molecule has 1 aromatic carbocycles. The zero-order valence-corrected chi connectivity index (χ0v) is 12.1. The molecule has 0 aliphatic heterocycles. The molecule has 0 saturated carbocycles. The molecule has 0 fully saturated rings. The van der Waals surface area contributed by atoms with Crippen molar-refractivity contribution < 1.29 is 14.3 Å². The number of anilines is 1. The van der Waals surface area contributed by atoms with Crippen LogP contribution in [0.15, 0.2) is 29.1 Å². The summed E-state index contributed by atoms with van der Waals surface area (Å²) in [5.74, 6) is -1.73. The molecule has 0 aliphatic rings. The van der Waals surface area contributed by atoms with Gasteiger partial charge in [0.05, 0.1) is 16.1 Å². The molecule has 112 valence electrons. The average Bonchev–Trinajstić information content (AvgIpc) is 2.76. The Bertz CT molecular complexity index is 960. The first-order valence-corrected chi connectivity index (χ1v) is 7.03. The lowest BCUT2D eigenvalue weighted by Crippen LogP contribution is -2.24. The van der Waals surface area contributed by atoms with E-state index in [0.717, 1.165) is 28.2 Å². The van der Waals surface area contributed by atoms with Gasteiger partial charge in [0.2, 0.25) is 0 Å². The number of nitrogen functional groups attached to an aromatic ring is 1. The van der Waals surface area contributed by atoms with Crippen LogP contribution in [0.4, 0.5) is 9.39 Å². The van der Waals surface area contributed by atoms with E-state index in [9.17, 15) is 19.1 Å². The second-order valence-corrected chi connectivity index (χ2v) is 5.88. The summed E-state index contributed by atoms with van der Waals surface area (Å²) in [6, 6.07) is 5.01. The minimum absolute atomic E-state index is 0.124. The Morgan fingerprint density at radius 2 is 1.95 bits per heavy atom. The van der Waals surface area contributed by atoms with E-state index in [1.165, 1.54) is 12.1 Å². The highest BCUT2D eigenvalue weighted by molar-refractivity contribution is 7.17. The van der Waals surface area contributed by atoms with E-state index >= 15 is 0 Å². The van der Waals surface area contributed by atoms with E-state index in [4.69, 9.17) is 5.73 Å². The molecule has 0 atom stereocenters. The fraction of sp³-hybridized carbons (Fsp3) is 0.0714. The van der Waals surface area contributed by atoms with Crippen LogP contribution < -0.4 is 11.3 Å². The van der Waals surface area contributed by atoms with Crippen LogP contribution in [0, 0.1) is 12.7 Å². The summed E-state index contributed by atoms with van der Waals surface area (Å²) in [4.78, 5) is 24.6. The molecule has 0 bridgehead atoms. The van der Waals surface area contributed by atoms with Crippen LogP contribution in [0.5, 0.6) is 0 Å². The summed E-state index contributed by atoms with van der Waals surface area (Å²) >= 11 is 1.14. The number of aryl methyl sites for hydroxylation is 1. The lowest BCUT2D eigenvalue weighted by Gasteiger charge is -2.07. The molecule has 3 rings (SSSR count). The molecule has 0 radical (unpaired) electrons. The van der Waals surface area contributed by atoms with Crippen molar-refractivity contribution >= 4 is 33.1 Å². The van der Waals surface area contributed by atoms with Crippen LogP contribution in [0.2, 0.25) is 0 Å². The minimum atomic E-state index is -1.26. The lowest BCUT2D eigenvalue weighted by molar-refractivity contribution is 0.0691. The predicted octanol–water partition coefficient (Wildman–Crippen LogP) is 2.18. The maximum Gasteiger partial charge on any atom is 0.357 e. The molecule has 0 aliphatic carbocycles. The van der Waals surface area contributed by atoms with E-state index in [1.807, 2.05) is 0 Å². The van der Waals surface area contributed by atoms with Crippen molar-refractivity contribution in [1.29, 1.82) is 0 Å². The first-order chi connectivity index (χ1) is 10.4. The highest BCUT2D eigenvalue weighted by Crippen LogP contribution is 2.32. The molecule has 3 N–H and O–H groups in total. The number of thiophene rings is 1. The summed E-state index contributed by atoms with van der Waals surface area (Å²) in [6.45, 7) is 1.68. The Labute approximate surface area is 127 Å². The zero-order chi connectivity index (χ0) is 16.0. The Morgan fingerprint density at radius 3 is 2.55 bits per heavy atom. The van der Waals surface area contributed by atoms with Crippen LogP contribution in [0.3, 0.4) is 0 Å². The molecular weight excluding hydrogens is 309 g/mol. The standard InChI is InChI=1S/C14H10FN3O3S/c1-6-9-10(12(16)22-6)13(19)18(17-11(9)14(20)21)8-4-2-7(15)3-5-8/h2-5H,16H2,1H3,(H,20,21). The van der Waals surface area contributed by atoms with Crippen LogP contribution in [0.1, 0.15) is 15.4 Å². The fourth-order valence-corrected chi connectivity index (χ4v) is 3.19. The Balaban J connectivity index is 2.44. The Kier molecular flexibility index (Phi) is 3.18. The third kappa shape index (κ3) is 2.04. The summed E-state index contributed by atoms with van der Waals surface area (Å²) < 4.78 is 13.9. The number of hydrogen-bond acceptors (Lipinski definition) is 5. The Hall–Kier alpha value is -2.74. The third-order valence-corrected chi connectivity index (χ3v) is 4.16. The number of carboxylic acids is 1. The second kappa shape index (κ2) is 4.92. The number of fused-ring (bicyclic) bond motifs is 1. The van der Waals surface area contributed by atoms with Crippen molar-refractivity contribution in [1.82, 2.24) is 9.78 Å². The average molecular weight is 319 g/mol. The van der Waals surface area contributed by atoms with Crippen molar-refractivity contribution in [3.63, 3.8) is 0 Å². The SMILES string of the molecule is Cc1sc(N)c2c(=O)n(-c3ccc(F)cc3)nc(C(=O)O)c12. The molecule has 0 saturated heterocycles. The lowest BCUT2D eigenvalue weighted by atomic mass is 10.2. The van der Waals surface area contributed by atoms with Gasteiger partial charge < -0.3 is 10.8 Å². The maximum absolute atomic E-state index is 13.0. The van der Waals surface area contributed by atoms with Crippen LogP contribution in [0.25, 0.3) is 16.5 Å². The molecule has 0 amide bonds. The van der Waals surface area contributed by atoms with Gasteiger partial charge in [0.1, 0.15) is 5.82 Å². The molecular formula is C14H10FN3O3S. The number of rotatable bonds is 2. The van der Waals surface area contributed by atoms with E-state index < -0.39 is 17.3 Å². The molecule has 8 heteroatoms. The summed E-state index contributed by atoms with van der Waals surface area (Å²) in [6.07, 6.45) is 0. The topological polar surface area (TPSA) is 98.2 Å². The van der Waals surface area contributed by atoms with E-state index in [1.54, 1.807) is 6.92 Å². The quantitative estimate of drug-likeness (QED) is 0.754. The van der Waals surface area contributed by atoms with E-state index in [-0.39, 0.29) is 27.2 Å². The van der Waals surface area contributed by atoms with Gasteiger partial charge in [-0.1, -0.05) is 0 Å². The number of carbonyl (C=O) groups is 1. The van der Waals surface area contributed by atoms with Gasteiger partial charge in [0.15, 0.2) is 5.69 Å². The second-order valence-electron chi connectivity index (χ2n) is 4.62. The van der Waals surface area contributed by atoms with Crippen molar-refractivity contribution in [2.45, 2.75) is 6.92 Å². The van der Waals surface area contributed by atoms with Crippen LogP contribution in [-0.2, 0) is 0 Å². The largest absolute Gasteiger partial charge is 0.476 e. The van der Waals surface area contributed by atoms with E-state index in [2.05, 4.69) is 5.10 Å². The maximum atomic E-state index is 13.0. The highest BCUT2D eigenvalue weighted by atomic mass is 32.1. The predicted molar refractivity (Wildman–Crippen MR) is 81.3 cm³/mol. The van der Waals surface area contributed by atoms with Gasteiger partial charge in [-0.3, -0.25) is 4.79 Å². The van der Waals surface area contributed by atoms with Crippen molar-refractivity contribution in [2.75, 3.05) is 5.73 Å². The van der Waals surface area contributed by atoms with Gasteiger partial charge in [0.25, 0.3) is 5.56 Å². The third-order valence-electron chi connectivity index (χ3n) is 3.23. The summed E-state index contributed by atoms with van der Waals surface area (Å²) in [7, 11) is 0. The van der Waals surface area contributed by atoms with Gasteiger partial charge in [0, 0.05) is 10.3 Å². The minimum Gasteiger partial charge on any atom is -0.476 e. The normalized spacial score (nSPS) is 11.0. The number of nitrogens with two attached hydrogens (primary N) is 1. The molecule has 3 aromatic rings. The van der Waals surface area contributed by atoms with Crippen LogP contribution >= 0.6 is 11.3 Å². The number of benzene rings is 1. The first-order valence-electron chi connectivity index (χ1n) is 6.21.